The molecule has 2 rings (SSSR count). The monoisotopic (exact) mass is 228 g/mol. The molecule has 1 atom stereocenters. The van der Waals surface area contributed by atoms with E-state index < -0.39 is 0 Å². The number of hydrogen-bond donors (Lipinski definition) is 0. The van der Waals surface area contributed by atoms with Gasteiger partial charge in [-0.2, -0.15) is 0 Å². The van der Waals surface area contributed by atoms with Crippen LogP contribution in [0.5, 0.6) is 0 Å². The van der Waals surface area contributed by atoms with Crippen LogP contribution in [0.2, 0.25) is 0 Å². The highest BCUT2D eigenvalue weighted by Crippen LogP contribution is 2.27. The van der Waals surface area contributed by atoms with Crippen LogP contribution >= 0.6 is 0 Å². The van der Waals surface area contributed by atoms with Gasteiger partial charge in [0, 0.05) is 0 Å². The average molecular weight is 228 g/mol. The SMILES string of the molecule is COC(=O)C[C@@H](C)c1cccc2ccccc12. The smallest absolute Gasteiger partial charge is 0.306 e. The van der Waals surface area contributed by atoms with Crippen molar-refractivity contribution in [2.45, 2.75) is 19.3 Å². The Morgan fingerprint density at radius 2 is 1.88 bits per heavy atom. The van der Waals surface area contributed by atoms with Crippen LogP contribution in [0.1, 0.15) is 24.8 Å². The summed E-state index contributed by atoms with van der Waals surface area (Å²) in [6.45, 7) is 2.05. The Kier molecular flexibility index (Phi) is 3.43. The summed E-state index contributed by atoms with van der Waals surface area (Å²) in [5.41, 5.74) is 1.20. The maximum atomic E-state index is 11.3. The number of fused-ring (bicyclic) bond motifs is 1. The number of rotatable bonds is 3. The normalized spacial score (nSPS) is 12.4. The zero-order valence-corrected chi connectivity index (χ0v) is 10.1. The molecule has 0 aliphatic heterocycles. The van der Waals surface area contributed by atoms with Crippen LogP contribution in [0.15, 0.2) is 42.5 Å². The van der Waals surface area contributed by atoms with E-state index in [2.05, 4.69) is 31.2 Å². The van der Waals surface area contributed by atoms with Crippen molar-refractivity contribution >= 4 is 16.7 Å². The van der Waals surface area contributed by atoms with Gasteiger partial charge in [0.05, 0.1) is 13.5 Å². The van der Waals surface area contributed by atoms with Crippen molar-refractivity contribution in [2.75, 3.05) is 7.11 Å². The largest absolute Gasteiger partial charge is 0.469 e. The van der Waals surface area contributed by atoms with Gasteiger partial charge in [0.2, 0.25) is 0 Å². The first kappa shape index (κ1) is 11.6. The Morgan fingerprint density at radius 3 is 2.65 bits per heavy atom. The topological polar surface area (TPSA) is 26.3 Å². The summed E-state index contributed by atoms with van der Waals surface area (Å²) in [6, 6.07) is 14.4. The van der Waals surface area contributed by atoms with Gasteiger partial charge >= 0.3 is 5.97 Å². The highest BCUT2D eigenvalue weighted by molar-refractivity contribution is 5.86. The maximum absolute atomic E-state index is 11.3. The van der Waals surface area contributed by atoms with Crippen LogP contribution in [-0.2, 0) is 9.53 Å². The van der Waals surface area contributed by atoms with E-state index in [0.717, 1.165) is 0 Å². The van der Waals surface area contributed by atoms with Gasteiger partial charge in [-0.1, -0.05) is 49.4 Å². The summed E-state index contributed by atoms with van der Waals surface area (Å²) >= 11 is 0. The highest BCUT2D eigenvalue weighted by Gasteiger charge is 2.13. The van der Waals surface area contributed by atoms with Crippen LogP contribution < -0.4 is 0 Å². The van der Waals surface area contributed by atoms with Gasteiger partial charge in [0.15, 0.2) is 0 Å². The summed E-state index contributed by atoms with van der Waals surface area (Å²) < 4.78 is 4.72. The molecule has 0 fully saturated rings. The van der Waals surface area contributed by atoms with Crippen LogP contribution in [0.25, 0.3) is 10.8 Å². The van der Waals surface area contributed by atoms with Gasteiger partial charge in [-0.05, 0) is 22.3 Å². The fraction of sp³-hybridized carbons (Fsp3) is 0.267. The van der Waals surface area contributed by atoms with Crippen molar-refractivity contribution in [3.05, 3.63) is 48.0 Å². The minimum atomic E-state index is -0.162. The molecule has 2 nitrogen and oxygen atoms in total. The van der Waals surface area contributed by atoms with E-state index in [4.69, 9.17) is 4.74 Å². The van der Waals surface area contributed by atoms with E-state index in [1.165, 1.54) is 23.4 Å². The molecule has 0 aromatic heterocycles. The zero-order chi connectivity index (χ0) is 12.3. The van der Waals surface area contributed by atoms with Crippen LogP contribution in [-0.4, -0.2) is 13.1 Å². The van der Waals surface area contributed by atoms with Crippen molar-refractivity contribution in [1.29, 1.82) is 0 Å². The summed E-state index contributed by atoms with van der Waals surface area (Å²) in [7, 11) is 1.43. The Morgan fingerprint density at radius 1 is 1.18 bits per heavy atom. The van der Waals surface area contributed by atoms with Gasteiger partial charge in [0.25, 0.3) is 0 Å². The van der Waals surface area contributed by atoms with Gasteiger partial charge in [0.1, 0.15) is 0 Å². The van der Waals surface area contributed by atoms with E-state index in [-0.39, 0.29) is 11.9 Å². The van der Waals surface area contributed by atoms with Gasteiger partial charge < -0.3 is 4.74 Å². The molecule has 2 heteroatoms. The number of benzene rings is 2. The lowest BCUT2D eigenvalue weighted by molar-refractivity contribution is -0.140. The van der Waals surface area contributed by atoms with Crippen LogP contribution in [0.4, 0.5) is 0 Å². The van der Waals surface area contributed by atoms with E-state index in [9.17, 15) is 4.79 Å². The fourth-order valence-corrected chi connectivity index (χ4v) is 2.12. The third-order valence-electron chi connectivity index (χ3n) is 3.05. The number of methoxy groups -OCH3 is 1. The zero-order valence-electron chi connectivity index (χ0n) is 10.1. The third-order valence-corrected chi connectivity index (χ3v) is 3.05. The van der Waals surface area contributed by atoms with Crippen molar-refractivity contribution in [3.63, 3.8) is 0 Å². The second-order valence-electron chi connectivity index (χ2n) is 4.25. The molecule has 0 amide bonds. The quantitative estimate of drug-likeness (QED) is 0.751. The third kappa shape index (κ3) is 2.47. The predicted octanol–water partition coefficient (Wildman–Crippen LogP) is 3.51. The molecule has 17 heavy (non-hydrogen) atoms. The molecule has 0 aliphatic rings. The first-order chi connectivity index (χ1) is 8.22. The van der Waals surface area contributed by atoms with Crippen molar-refractivity contribution in [2.24, 2.45) is 0 Å². The van der Waals surface area contributed by atoms with Gasteiger partial charge in [-0.15, -0.1) is 0 Å². The average Bonchev–Trinajstić information content (AvgIpc) is 2.37. The highest BCUT2D eigenvalue weighted by atomic mass is 16.5. The second-order valence-corrected chi connectivity index (χ2v) is 4.25. The molecular formula is C15H16O2. The Labute approximate surface area is 101 Å². The number of hydrogen-bond acceptors (Lipinski definition) is 2. The summed E-state index contributed by atoms with van der Waals surface area (Å²) in [6.07, 6.45) is 0.421. The number of carbonyl (C=O) groups is 1. The molecule has 2 aromatic carbocycles. The molecule has 0 N–H and O–H groups in total. The van der Waals surface area contributed by atoms with E-state index >= 15 is 0 Å². The molecule has 0 heterocycles. The molecule has 88 valence electrons. The van der Waals surface area contributed by atoms with E-state index in [0.29, 0.717) is 6.42 Å². The Hall–Kier alpha value is -1.83. The molecule has 0 unspecified atom stereocenters. The maximum Gasteiger partial charge on any atom is 0.306 e. The van der Waals surface area contributed by atoms with Crippen molar-refractivity contribution in [1.82, 2.24) is 0 Å². The molecule has 0 bridgehead atoms. The lowest BCUT2D eigenvalue weighted by atomic mass is 9.92. The van der Waals surface area contributed by atoms with Crippen molar-refractivity contribution in [3.8, 4) is 0 Å². The first-order valence-electron chi connectivity index (χ1n) is 5.77. The molecule has 2 aromatic rings. The Bertz CT molecular complexity index is 526. The van der Waals surface area contributed by atoms with E-state index in [1.54, 1.807) is 0 Å². The molecule has 0 saturated heterocycles. The minimum absolute atomic E-state index is 0.162. The minimum Gasteiger partial charge on any atom is -0.469 e. The summed E-state index contributed by atoms with van der Waals surface area (Å²) in [5, 5.41) is 2.42. The van der Waals surface area contributed by atoms with Crippen molar-refractivity contribution < 1.29 is 9.53 Å². The summed E-state index contributed by atoms with van der Waals surface area (Å²) in [4.78, 5) is 11.3. The number of carbonyl (C=O) groups excluding carboxylic acids is 1. The fourth-order valence-electron chi connectivity index (χ4n) is 2.12. The van der Waals surface area contributed by atoms with E-state index in [1.807, 2.05) is 18.2 Å². The standard InChI is InChI=1S/C15H16O2/c1-11(10-15(16)17-2)13-9-5-7-12-6-3-4-8-14(12)13/h3-9,11H,10H2,1-2H3/t11-/m1/s1. The van der Waals surface area contributed by atoms with Crippen LogP contribution in [0.3, 0.4) is 0 Å². The Balaban J connectivity index is 2.38. The molecular weight excluding hydrogens is 212 g/mol. The summed E-state index contributed by atoms with van der Waals surface area (Å²) in [5.74, 6) is 0.0129. The van der Waals surface area contributed by atoms with Crippen LogP contribution in [0, 0.1) is 0 Å². The molecule has 0 saturated carbocycles. The molecule has 0 spiro atoms. The lowest BCUT2D eigenvalue weighted by Gasteiger charge is -2.13. The molecule has 0 radical (unpaired) electrons. The predicted molar refractivity (Wildman–Crippen MR) is 69.0 cm³/mol. The second kappa shape index (κ2) is 5.00. The number of esters is 1. The molecule has 0 aliphatic carbocycles. The first-order valence-corrected chi connectivity index (χ1v) is 5.77. The van der Waals surface area contributed by atoms with Gasteiger partial charge in [-0.25, -0.2) is 0 Å². The number of ether oxygens (including phenoxy) is 1. The lowest BCUT2D eigenvalue weighted by Crippen LogP contribution is -2.06. The van der Waals surface area contributed by atoms with Gasteiger partial charge in [-0.3, -0.25) is 4.79 Å².